The number of nitrogens with two attached hydrogens (primary N) is 3. The highest BCUT2D eigenvalue weighted by molar-refractivity contribution is 5.79. The number of aromatic nitrogens is 1. The SMILES string of the molecule is CC(ON=C(N)N)C(C(N)=O)n1ccccc1=O.O=C(O)C(F)(F)F. The maximum absolute atomic E-state index is 11.6. The summed E-state index contributed by atoms with van der Waals surface area (Å²) in [5.41, 5.74) is 15.1. The van der Waals surface area contributed by atoms with Gasteiger partial charge in [0.05, 0.1) is 0 Å². The largest absolute Gasteiger partial charge is 0.490 e. The maximum atomic E-state index is 11.6. The fourth-order valence-corrected chi connectivity index (χ4v) is 1.47. The van der Waals surface area contributed by atoms with Crippen LogP contribution in [0.2, 0.25) is 0 Å². The predicted octanol–water partition coefficient (Wildman–Crippen LogP) is -0.898. The van der Waals surface area contributed by atoms with Crippen molar-refractivity contribution in [3.8, 4) is 0 Å². The van der Waals surface area contributed by atoms with Gasteiger partial charge in [-0.2, -0.15) is 13.2 Å². The number of carboxylic acid groups (broad SMARTS) is 1. The lowest BCUT2D eigenvalue weighted by molar-refractivity contribution is -0.192. The first-order valence-corrected chi connectivity index (χ1v) is 6.39. The molecule has 140 valence electrons. The first-order chi connectivity index (χ1) is 11.4. The Hall–Kier alpha value is -3.25. The summed E-state index contributed by atoms with van der Waals surface area (Å²) in [6.07, 6.45) is -4.43. The quantitative estimate of drug-likeness (QED) is 0.296. The van der Waals surface area contributed by atoms with Crippen molar-refractivity contribution in [1.82, 2.24) is 4.57 Å². The first kappa shape index (κ1) is 21.8. The second kappa shape index (κ2) is 9.14. The number of oxime groups is 1. The number of rotatable bonds is 5. The van der Waals surface area contributed by atoms with Crippen LogP contribution in [0, 0.1) is 0 Å². The number of halogens is 3. The van der Waals surface area contributed by atoms with Crippen molar-refractivity contribution in [2.45, 2.75) is 25.2 Å². The molecule has 0 fully saturated rings. The van der Waals surface area contributed by atoms with Crippen molar-refractivity contribution >= 4 is 17.8 Å². The van der Waals surface area contributed by atoms with Crippen LogP contribution < -0.4 is 22.8 Å². The molecule has 7 N–H and O–H groups in total. The van der Waals surface area contributed by atoms with E-state index >= 15 is 0 Å². The molecule has 1 amide bonds. The van der Waals surface area contributed by atoms with Gasteiger partial charge in [0.1, 0.15) is 0 Å². The van der Waals surface area contributed by atoms with Gasteiger partial charge >= 0.3 is 12.1 Å². The van der Waals surface area contributed by atoms with E-state index in [9.17, 15) is 22.8 Å². The molecular weight excluding hydrogens is 351 g/mol. The highest BCUT2D eigenvalue weighted by Gasteiger charge is 2.38. The number of hydrogen-bond acceptors (Lipinski definition) is 5. The van der Waals surface area contributed by atoms with E-state index in [0.717, 1.165) is 4.57 Å². The molecule has 1 rings (SSSR count). The van der Waals surface area contributed by atoms with Gasteiger partial charge in [0.15, 0.2) is 12.1 Å². The van der Waals surface area contributed by atoms with Crippen LogP contribution in [0.3, 0.4) is 0 Å². The number of carboxylic acids is 1. The highest BCUT2D eigenvalue weighted by atomic mass is 19.4. The monoisotopic (exact) mass is 367 g/mol. The number of carbonyl (C=O) groups excluding carboxylic acids is 1. The molecule has 0 saturated heterocycles. The van der Waals surface area contributed by atoms with E-state index in [-0.39, 0.29) is 11.5 Å². The van der Waals surface area contributed by atoms with E-state index < -0.39 is 30.2 Å². The number of carbonyl (C=O) groups is 2. The lowest BCUT2D eigenvalue weighted by Gasteiger charge is -2.21. The van der Waals surface area contributed by atoms with Gasteiger partial charge in [0, 0.05) is 12.3 Å². The van der Waals surface area contributed by atoms with Gasteiger partial charge < -0.3 is 27.1 Å². The minimum absolute atomic E-state index is 0.287. The summed E-state index contributed by atoms with van der Waals surface area (Å²) in [6.45, 7) is 1.53. The molecule has 1 aromatic rings. The van der Waals surface area contributed by atoms with E-state index in [1.807, 2.05) is 0 Å². The molecule has 1 heterocycles. The Balaban J connectivity index is 0.000000697. The number of alkyl halides is 3. The lowest BCUT2D eigenvalue weighted by Crippen LogP contribution is -2.40. The van der Waals surface area contributed by atoms with E-state index in [1.165, 1.54) is 19.2 Å². The molecule has 0 bridgehead atoms. The second-order valence-corrected chi connectivity index (χ2v) is 4.42. The van der Waals surface area contributed by atoms with Crippen molar-refractivity contribution < 1.29 is 32.7 Å². The van der Waals surface area contributed by atoms with Gasteiger partial charge in [-0.15, -0.1) is 0 Å². The Bertz CT molecular complexity index is 684. The van der Waals surface area contributed by atoms with Gasteiger partial charge in [-0.25, -0.2) is 4.79 Å². The number of amides is 1. The van der Waals surface area contributed by atoms with Crippen molar-refractivity contribution in [2.75, 3.05) is 0 Å². The summed E-state index contributed by atoms with van der Waals surface area (Å²) in [5, 5.41) is 10.5. The van der Waals surface area contributed by atoms with Crippen LogP contribution in [0.4, 0.5) is 13.2 Å². The molecular formula is C12H16F3N5O5. The van der Waals surface area contributed by atoms with Crippen LogP contribution in [0.1, 0.15) is 13.0 Å². The smallest absolute Gasteiger partial charge is 0.475 e. The zero-order chi connectivity index (χ0) is 19.8. The summed E-state index contributed by atoms with van der Waals surface area (Å²) in [4.78, 5) is 36.8. The molecule has 2 atom stereocenters. The summed E-state index contributed by atoms with van der Waals surface area (Å²) < 4.78 is 32.9. The molecule has 13 heteroatoms. The number of guanidine groups is 1. The van der Waals surface area contributed by atoms with Gasteiger partial charge in [-0.3, -0.25) is 14.2 Å². The molecule has 0 aliphatic heterocycles. The molecule has 25 heavy (non-hydrogen) atoms. The Morgan fingerprint density at radius 3 is 2.16 bits per heavy atom. The molecule has 2 unspecified atom stereocenters. The zero-order valence-electron chi connectivity index (χ0n) is 12.8. The van der Waals surface area contributed by atoms with E-state index in [4.69, 9.17) is 31.9 Å². The van der Waals surface area contributed by atoms with Gasteiger partial charge in [0.2, 0.25) is 11.9 Å². The maximum Gasteiger partial charge on any atom is 0.490 e. The summed E-state index contributed by atoms with van der Waals surface area (Å²) in [5.74, 6) is -3.76. The van der Waals surface area contributed by atoms with E-state index in [1.54, 1.807) is 12.1 Å². The third-order valence-electron chi connectivity index (χ3n) is 2.45. The molecule has 0 spiro atoms. The van der Waals surface area contributed by atoms with E-state index in [2.05, 4.69) is 5.16 Å². The lowest BCUT2D eigenvalue weighted by atomic mass is 10.1. The average molecular weight is 367 g/mol. The number of pyridine rings is 1. The number of aliphatic carboxylic acids is 1. The standard InChI is InChI=1S/C10H15N5O3.C2HF3O2/c1-6(18-14-10(12)13)8(9(11)17)15-5-3-2-4-7(15)16;3-2(4,5)1(6)7/h2-6,8H,1H3,(H2,11,17)(H4,12,13,14);(H,6,7). The fraction of sp³-hybridized carbons (Fsp3) is 0.333. The van der Waals surface area contributed by atoms with Crippen LogP contribution in [0.5, 0.6) is 0 Å². The van der Waals surface area contributed by atoms with Crippen molar-refractivity contribution in [1.29, 1.82) is 0 Å². The molecule has 0 aromatic carbocycles. The van der Waals surface area contributed by atoms with Crippen molar-refractivity contribution in [2.24, 2.45) is 22.4 Å². The average Bonchev–Trinajstić information content (AvgIpc) is 2.46. The molecule has 0 saturated carbocycles. The summed E-state index contributed by atoms with van der Waals surface area (Å²) in [7, 11) is 0. The first-order valence-electron chi connectivity index (χ1n) is 6.39. The van der Waals surface area contributed by atoms with Gasteiger partial charge in [-0.1, -0.05) is 6.07 Å². The van der Waals surface area contributed by atoms with Crippen molar-refractivity contribution in [3.05, 3.63) is 34.7 Å². The topological polar surface area (TPSA) is 176 Å². The molecule has 0 radical (unpaired) electrons. The Labute approximate surface area is 138 Å². The third kappa shape index (κ3) is 7.71. The molecule has 10 nitrogen and oxygen atoms in total. The van der Waals surface area contributed by atoms with Crippen LogP contribution in [0.15, 0.2) is 34.3 Å². The Morgan fingerprint density at radius 1 is 1.28 bits per heavy atom. The van der Waals surface area contributed by atoms with Gasteiger partial charge in [-0.05, 0) is 18.1 Å². The normalized spacial score (nSPS) is 12.8. The minimum Gasteiger partial charge on any atom is -0.475 e. The third-order valence-corrected chi connectivity index (χ3v) is 2.45. The summed E-state index contributed by atoms with van der Waals surface area (Å²) >= 11 is 0. The Morgan fingerprint density at radius 2 is 1.80 bits per heavy atom. The van der Waals surface area contributed by atoms with Crippen LogP contribution >= 0.6 is 0 Å². The molecule has 0 aliphatic rings. The summed E-state index contributed by atoms with van der Waals surface area (Å²) in [6, 6.07) is 3.47. The highest BCUT2D eigenvalue weighted by Crippen LogP contribution is 2.13. The molecule has 0 aliphatic carbocycles. The van der Waals surface area contributed by atoms with Crippen molar-refractivity contribution in [3.63, 3.8) is 0 Å². The van der Waals surface area contributed by atoms with E-state index in [0.29, 0.717) is 0 Å². The Kier molecular flexibility index (Phi) is 7.96. The zero-order valence-corrected chi connectivity index (χ0v) is 12.8. The van der Waals surface area contributed by atoms with Crippen LogP contribution in [-0.2, 0) is 14.4 Å². The second-order valence-electron chi connectivity index (χ2n) is 4.42. The molecule has 1 aromatic heterocycles. The van der Waals surface area contributed by atoms with Crippen LogP contribution in [-0.4, -0.2) is 39.8 Å². The predicted molar refractivity (Wildman–Crippen MR) is 79.0 cm³/mol. The van der Waals surface area contributed by atoms with Gasteiger partial charge in [0.25, 0.3) is 5.56 Å². The number of primary amides is 1. The fourth-order valence-electron chi connectivity index (χ4n) is 1.47. The minimum atomic E-state index is -5.08. The number of nitrogens with zero attached hydrogens (tertiary/aromatic N) is 2. The number of hydrogen-bond donors (Lipinski definition) is 4. The van der Waals surface area contributed by atoms with Crippen LogP contribution in [0.25, 0.3) is 0 Å².